The summed E-state index contributed by atoms with van der Waals surface area (Å²) in [6.45, 7) is 0.543. The Bertz CT molecular complexity index is 700. The van der Waals surface area contributed by atoms with Gasteiger partial charge in [0.1, 0.15) is 11.9 Å². The lowest BCUT2D eigenvalue weighted by molar-refractivity contribution is 0.0705. The van der Waals surface area contributed by atoms with Crippen LogP contribution in [0.2, 0.25) is 0 Å². The predicted molar refractivity (Wildman–Crippen MR) is 81.7 cm³/mol. The van der Waals surface area contributed by atoms with Gasteiger partial charge < -0.3 is 14.7 Å². The normalized spacial score (nSPS) is 25.5. The molecule has 2 heterocycles. The lowest BCUT2D eigenvalue weighted by atomic mass is 9.99. The van der Waals surface area contributed by atoms with Gasteiger partial charge in [-0.15, -0.1) is 0 Å². The zero-order valence-electron chi connectivity index (χ0n) is 12.1. The van der Waals surface area contributed by atoms with Crippen molar-refractivity contribution in [3.8, 4) is 5.75 Å². The van der Waals surface area contributed by atoms with Gasteiger partial charge in [-0.1, -0.05) is 36.4 Å². The summed E-state index contributed by atoms with van der Waals surface area (Å²) in [5.41, 5.74) is 1.71. The van der Waals surface area contributed by atoms with E-state index < -0.39 is 0 Å². The molecule has 0 bridgehead atoms. The predicted octanol–water partition coefficient (Wildman–Crippen LogP) is 2.25. The van der Waals surface area contributed by atoms with Gasteiger partial charge in [0, 0.05) is 23.6 Å². The van der Waals surface area contributed by atoms with Crippen LogP contribution in [0, 0.1) is 5.92 Å². The van der Waals surface area contributed by atoms with Gasteiger partial charge in [0.25, 0.3) is 5.91 Å². The van der Waals surface area contributed by atoms with Crippen LogP contribution in [0.25, 0.3) is 0 Å². The molecule has 2 aromatic carbocycles. The van der Waals surface area contributed by atoms with Crippen molar-refractivity contribution in [2.45, 2.75) is 12.1 Å². The van der Waals surface area contributed by atoms with E-state index in [-0.39, 0.29) is 30.6 Å². The first-order chi connectivity index (χ1) is 10.8. The van der Waals surface area contributed by atoms with Crippen molar-refractivity contribution in [2.24, 2.45) is 5.92 Å². The lowest BCUT2D eigenvalue weighted by Crippen LogP contribution is -2.32. The van der Waals surface area contributed by atoms with E-state index in [1.165, 1.54) is 0 Å². The van der Waals surface area contributed by atoms with Crippen LogP contribution in [0.5, 0.6) is 5.75 Å². The molecule has 112 valence electrons. The Morgan fingerprint density at radius 3 is 2.64 bits per heavy atom. The van der Waals surface area contributed by atoms with Crippen LogP contribution >= 0.6 is 0 Å². The molecule has 0 unspecified atom stereocenters. The molecular formula is C18H17NO3. The molecule has 2 aliphatic rings. The van der Waals surface area contributed by atoms with E-state index in [4.69, 9.17) is 4.74 Å². The van der Waals surface area contributed by atoms with Crippen molar-refractivity contribution in [3.63, 3.8) is 0 Å². The zero-order chi connectivity index (χ0) is 15.1. The van der Waals surface area contributed by atoms with E-state index in [2.05, 4.69) is 0 Å². The fourth-order valence-electron chi connectivity index (χ4n) is 3.51. The maximum Gasteiger partial charge on any atom is 0.254 e. The third-order valence-corrected chi connectivity index (χ3v) is 4.56. The molecule has 4 nitrogen and oxygen atoms in total. The monoisotopic (exact) mass is 295 g/mol. The molecule has 2 aliphatic heterocycles. The van der Waals surface area contributed by atoms with E-state index in [0.717, 1.165) is 11.3 Å². The second-order valence-corrected chi connectivity index (χ2v) is 5.83. The maximum absolute atomic E-state index is 12.8. The molecule has 0 aliphatic carbocycles. The minimum Gasteiger partial charge on any atom is -0.487 e. The number of ether oxygens (including phenoxy) is 1. The molecule has 0 saturated carbocycles. The van der Waals surface area contributed by atoms with Gasteiger partial charge in [-0.05, 0) is 18.2 Å². The first-order valence-corrected chi connectivity index (χ1v) is 7.52. The molecule has 1 fully saturated rings. The molecule has 3 atom stereocenters. The summed E-state index contributed by atoms with van der Waals surface area (Å²) < 4.78 is 6.00. The Morgan fingerprint density at radius 1 is 1.14 bits per heavy atom. The van der Waals surface area contributed by atoms with Crippen molar-refractivity contribution in [1.29, 1.82) is 0 Å². The summed E-state index contributed by atoms with van der Waals surface area (Å²) in [6, 6.07) is 17.0. The van der Waals surface area contributed by atoms with Crippen molar-refractivity contribution in [3.05, 3.63) is 65.7 Å². The molecule has 2 aromatic rings. The fourth-order valence-corrected chi connectivity index (χ4v) is 3.51. The number of carbonyl (C=O) groups is 1. The number of hydrogen-bond acceptors (Lipinski definition) is 3. The van der Waals surface area contributed by atoms with Crippen molar-refractivity contribution < 1.29 is 14.6 Å². The van der Waals surface area contributed by atoms with Crippen LogP contribution in [0.15, 0.2) is 54.6 Å². The fraction of sp³-hybridized carbons (Fsp3) is 0.278. The number of fused-ring (bicyclic) bond motifs is 3. The number of aliphatic hydroxyl groups excluding tert-OH is 1. The van der Waals surface area contributed by atoms with Gasteiger partial charge in [0.05, 0.1) is 12.6 Å². The highest BCUT2D eigenvalue weighted by Crippen LogP contribution is 2.47. The van der Waals surface area contributed by atoms with Crippen molar-refractivity contribution in [1.82, 2.24) is 4.90 Å². The topological polar surface area (TPSA) is 49.8 Å². The molecule has 4 heteroatoms. The number of carbonyl (C=O) groups excluding carboxylic acids is 1. The van der Waals surface area contributed by atoms with E-state index in [1.807, 2.05) is 59.5 Å². The molecular weight excluding hydrogens is 278 g/mol. The van der Waals surface area contributed by atoms with Gasteiger partial charge in [0.15, 0.2) is 0 Å². The first-order valence-electron chi connectivity index (χ1n) is 7.52. The molecule has 22 heavy (non-hydrogen) atoms. The average Bonchev–Trinajstić information content (AvgIpc) is 3.12. The number of rotatable bonds is 2. The summed E-state index contributed by atoms with van der Waals surface area (Å²) in [7, 11) is 0. The Kier molecular flexibility index (Phi) is 3.12. The summed E-state index contributed by atoms with van der Waals surface area (Å²) >= 11 is 0. The van der Waals surface area contributed by atoms with Crippen LogP contribution in [0.1, 0.15) is 22.0 Å². The van der Waals surface area contributed by atoms with Crippen LogP contribution in [-0.4, -0.2) is 35.2 Å². The van der Waals surface area contributed by atoms with E-state index >= 15 is 0 Å². The number of likely N-dealkylation sites (tertiary alicyclic amines) is 1. The smallest absolute Gasteiger partial charge is 0.254 e. The van der Waals surface area contributed by atoms with E-state index in [0.29, 0.717) is 12.1 Å². The largest absolute Gasteiger partial charge is 0.487 e. The van der Waals surface area contributed by atoms with Gasteiger partial charge in [-0.3, -0.25) is 4.79 Å². The average molecular weight is 295 g/mol. The summed E-state index contributed by atoms with van der Waals surface area (Å²) in [4.78, 5) is 14.7. The Balaban J connectivity index is 1.73. The molecule has 1 saturated heterocycles. The summed E-state index contributed by atoms with van der Waals surface area (Å²) in [6.07, 6.45) is -0.157. The highest BCUT2D eigenvalue weighted by molar-refractivity contribution is 5.95. The first kappa shape index (κ1) is 13.3. The third-order valence-electron chi connectivity index (χ3n) is 4.56. The number of nitrogens with zero attached hydrogens (tertiary/aromatic N) is 1. The molecule has 0 spiro atoms. The number of benzene rings is 2. The van der Waals surface area contributed by atoms with Crippen LogP contribution in [0.3, 0.4) is 0 Å². The van der Waals surface area contributed by atoms with Crippen molar-refractivity contribution >= 4 is 5.91 Å². The molecule has 4 rings (SSSR count). The molecule has 1 N–H and O–H groups in total. The summed E-state index contributed by atoms with van der Waals surface area (Å²) in [5, 5.41) is 9.64. The number of hydrogen-bond donors (Lipinski definition) is 1. The highest BCUT2D eigenvalue weighted by Gasteiger charge is 2.50. The Hall–Kier alpha value is -2.33. The lowest BCUT2D eigenvalue weighted by Gasteiger charge is -2.23. The molecule has 1 amide bonds. The van der Waals surface area contributed by atoms with Crippen molar-refractivity contribution in [2.75, 3.05) is 13.2 Å². The van der Waals surface area contributed by atoms with Gasteiger partial charge in [0.2, 0.25) is 0 Å². The minimum absolute atomic E-state index is 0.00754. The number of para-hydroxylation sites is 1. The maximum atomic E-state index is 12.8. The van der Waals surface area contributed by atoms with E-state index in [9.17, 15) is 9.90 Å². The van der Waals surface area contributed by atoms with Gasteiger partial charge in [-0.25, -0.2) is 0 Å². The van der Waals surface area contributed by atoms with Gasteiger partial charge in [-0.2, -0.15) is 0 Å². The number of amides is 1. The second-order valence-electron chi connectivity index (χ2n) is 5.83. The Labute approximate surface area is 128 Å². The van der Waals surface area contributed by atoms with Crippen LogP contribution < -0.4 is 4.74 Å². The third kappa shape index (κ3) is 1.91. The highest BCUT2D eigenvalue weighted by atomic mass is 16.5. The second kappa shape index (κ2) is 5.14. The van der Waals surface area contributed by atoms with E-state index in [1.54, 1.807) is 0 Å². The minimum atomic E-state index is -0.157. The molecule has 0 radical (unpaired) electrons. The summed E-state index contributed by atoms with van der Waals surface area (Å²) in [5.74, 6) is 0.762. The standard InChI is InChI=1S/C18H17NO3/c20-11-13-10-19(18(21)12-6-2-1-3-7-12)16-14-8-4-5-9-15(14)22-17(13)16/h1-9,13,16-17,20H,10-11H2/t13-,16-,17-/m0/s1. The van der Waals surface area contributed by atoms with Crippen LogP contribution in [0.4, 0.5) is 0 Å². The quantitative estimate of drug-likeness (QED) is 0.924. The van der Waals surface area contributed by atoms with Crippen LogP contribution in [-0.2, 0) is 0 Å². The Morgan fingerprint density at radius 2 is 1.86 bits per heavy atom. The zero-order valence-corrected chi connectivity index (χ0v) is 12.1. The number of aliphatic hydroxyl groups is 1. The SMILES string of the molecule is O=C(c1ccccc1)N1C[C@@H](CO)[C@@H]2Oc3ccccc3[C@@H]21. The molecule has 0 aromatic heterocycles. The van der Waals surface area contributed by atoms with Gasteiger partial charge >= 0.3 is 0 Å².